The third kappa shape index (κ3) is 4.21. The zero-order chi connectivity index (χ0) is 18.0. The number of hydrogen-bond donors (Lipinski definition) is 1. The molecular formula is C17H21FN4O3. The van der Waals surface area contributed by atoms with Gasteiger partial charge in [0.05, 0.1) is 17.6 Å². The van der Waals surface area contributed by atoms with Gasteiger partial charge in [-0.25, -0.2) is 4.39 Å². The zero-order valence-corrected chi connectivity index (χ0v) is 14.0. The van der Waals surface area contributed by atoms with Crippen LogP contribution in [-0.4, -0.2) is 49.9 Å². The van der Waals surface area contributed by atoms with Crippen molar-refractivity contribution in [2.45, 2.75) is 38.0 Å². The molecule has 0 radical (unpaired) electrons. The van der Waals surface area contributed by atoms with Crippen LogP contribution in [-0.2, 0) is 6.54 Å². The molecule has 1 fully saturated rings. The van der Waals surface area contributed by atoms with E-state index < -0.39 is 11.0 Å². The van der Waals surface area contributed by atoms with Crippen LogP contribution in [0.2, 0.25) is 0 Å². The molecule has 8 heteroatoms. The van der Waals surface area contributed by atoms with Crippen molar-refractivity contribution in [1.82, 2.24) is 14.7 Å². The Balaban J connectivity index is 1.56. The first-order valence-electron chi connectivity index (χ1n) is 8.27. The second kappa shape index (κ2) is 7.28. The Labute approximate surface area is 144 Å². The minimum absolute atomic E-state index is 0.0851. The van der Waals surface area contributed by atoms with Crippen LogP contribution in [0.15, 0.2) is 36.7 Å². The van der Waals surface area contributed by atoms with E-state index in [2.05, 4.69) is 16.9 Å². The molecule has 1 saturated heterocycles. The fraction of sp³-hybridized carbons (Fsp3) is 0.471. The summed E-state index contributed by atoms with van der Waals surface area (Å²) >= 11 is 0. The van der Waals surface area contributed by atoms with E-state index >= 15 is 0 Å². The summed E-state index contributed by atoms with van der Waals surface area (Å²) in [5.41, 5.74) is 1.02. The molecule has 0 spiro atoms. The molecule has 0 aliphatic carbocycles. The molecule has 2 aromatic rings. The Bertz CT molecular complexity index is 734. The molecule has 3 atom stereocenters. The lowest BCUT2D eigenvalue weighted by atomic mass is 9.97. The summed E-state index contributed by atoms with van der Waals surface area (Å²) in [6, 6.07) is 6.88. The van der Waals surface area contributed by atoms with E-state index in [9.17, 15) is 19.6 Å². The molecule has 1 aromatic heterocycles. The Morgan fingerprint density at radius 3 is 2.76 bits per heavy atom. The number of likely N-dealkylation sites (tertiary alicyclic amines) is 1. The van der Waals surface area contributed by atoms with Gasteiger partial charge in [0.1, 0.15) is 18.2 Å². The molecule has 1 aromatic carbocycles. The zero-order valence-electron chi connectivity index (χ0n) is 14.0. The molecule has 7 nitrogen and oxygen atoms in total. The molecule has 0 bridgehead atoms. The lowest BCUT2D eigenvalue weighted by Crippen LogP contribution is -2.37. The molecule has 3 unspecified atom stereocenters. The van der Waals surface area contributed by atoms with Gasteiger partial charge in [-0.1, -0.05) is 12.1 Å². The third-order valence-electron chi connectivity index (χ3n) is 4.72. The van der Waals surface area contributed by atoms with E-state index in [1.54, 1.807) is 0 Å². The average molecular weight is 348 g/mol. The number of benzene rings is 1. The fourth-order valence-corrected chi connectivity index (χ4v) is 3.42. The second-order valence-corrected chi connectivity index (χ2v) is 6.62. The molecule has 1 aliphatic rings. The first-order chi connectivity index (χ1) is 11.9. The van der Waals surface area contributed by atoms with E-state index in [1.165, 1.54) is 29.2 Å². The maximum Gasteiger partial charge on any atom is 0.306 e. The second-order valence-electron chi connectivity index (χ2n) is 6.62. The van der Waals surface area contributed by atoms with Crippen molar-refractivity contribution in [2.24, 2.45) is 0 Å². The molecule has 1 aliphatic heterocycles. The van der Waals surface area contributed by atoms with E-state index in [4.69, 9.17) is 0 Å². The predicted molar refractivity (Wildman–Crippen MR) is 89.7 cm³/mol. The normalized spacial score (nSPS) is 22.2. The average Bonchev–Trinajstić information content (AvgIpc) is 3.16. The summed E-state index contributed by atoms with van der Waals surface area (Å²) in [6.45, 7) is 3.57. The van der Waals surface area contributed by atoms with Gasteiger partial charge in [0, 0.05) is 19.1 Å². The Morgan fingerprint density at radius 2 is 2.12 bits per heavy atom. The lowest BCUT2D eigenvalue weighted by Gasteiger charge is -2.24. The van der Waals surface area contributed by atoms with Gasteiger partial charge >= 0.3 is 5.69 Å². The number of rotatable bonds is 6. The number of β-amino-alcohol motifs (C(OH)–C–C–N with tert-alkyl or cyclic N) is 1. The summed E-state index contributed by atoms with van der Waals surface area (Å²) in [6.07, 6.45) is 2.77. The van der Waals surface area contributed by atoms with Gasteiger partial charge in [-0.05, 0) is 37.0 Å². The summed E-state index contributed by atoms with van der Waals surface area (Å²) in [5, 5.41) is 24.9. The van der Waals surface area contributed by atoms with Crippen LogP contribution in [0.1, 0.15) is 24.8 Å². The number of nitrogens with zero attached hydrogens (tertiary/aromatic N) is 4. The number of halogens is 1. The summed E-state index contributed by atoms with van der Waals surface area (Å²) < 4.78 is 14.5. The first-order valence-corrected chi connectivity index (χ1v) is 8.27. The minimum atomic E-state index is -0.672. The smallest absolute Gasteiger partial charge is 0.306 e. The molecule has 1 N–H and O–H groups in total. The molecule has 25 heavy (non-hydrogen) atoms. The van der Waals surface area contributed by atoms with E-state index in [-0.39, 0.29) is 18.0 Å². The van der Waals surface area contributed by atoms with Crippen molar-refractivity contribution in [3.05, 3.63) is 58.2 Å². The molecule has 134 valence electrons. The van der Waals surface area contributed by atoms with Gasteiger partial charge in [-0.2, -0.15) is 5.10 Å². The first kappa shape index (κ1) is 17.5. The lowest BCUT2D eigenvalue weighted by molar-refractivity contribution is -0.385. The number of nitro groups is 1. The van der Waals surface area contributed by atoms with Crippen LogP contribution in [0.3, 0.4) is 0 Å². The van der Waals surface area contributed by atoms with Crippen LogP contribution in [0.5, 0.6) is 0 Å². The van der Waals surface area contributed by atoms with Crippen LogP contribution in [0.25, 0.3) is 0 Å². The predicted octanol–water partition coefficient (Wildman–Crippen LogP) is 2.17. The summed E-state index contributed by atoms with van der Waals surface area (Å²) in [4.78, 5) is 12.4. The van der Waals surface area contributed by atoms with Crippen molar-refractivity contribution in [1.29, 1.82) is 0 Å². The number of aliphatic hydroxyl groups excluding tert-OH is 1. The quantitative estimate of drug-likeness (QED) is 0.639. The maximum absolute atomic E-state index is 13.1. The van der Waals surface area contributed by atoms with Gasteiger partial charge in [0.15, 0.2) is 0 Å². The Kier molecular flexibility index (Phi) is 5.10. The van der Waals surface area contributed by atoms with E-state index in [0.29, 0.717) is 18.5 Å². The van der Waals surface area contributed by atoms with Gasteiger partial charge in [-0.15, -0.1) is 0 Å². The number of aliphatic hydroxyl groups is 1. The van der Waals surface area contributed by atoms with Crippen molar-refractivity contribution in [3.63, 3.8) is 0 Å². The summed E-state index contributed by atoms with van der Waals surface area (Å²) in [7, 11) is 0. The molecule has 2 heterocycles. The largest absolute Gasteiger partial charge is 0.390 e. The Morgan fingerprint density at radius 1 is 1.40 bits per heavy atom. The maximum atomic E-state index is 13.1. The standard InChI is InChI=1S/C17H21FN4O3/c1-12-6-14(13-2-4-15(18)5-3-13)8-20(12)10-17(23)11-21-9-16(7-19-21)22(24)25/h2-5,7,9,12,14,17,23H,6,8,10-11H2,1H3. The SMILES string of the molecule is CC1CC(c2ccc(F)cc2)CN1CC(O)Cn1cc([N+](=O)[O-])cn1. The minimum Gasteiger partial charge on any atom is -0.390 e. The van der Waals surface area contributed by atoms with Gasteiger partial charge in [-0.3, -0.25) is 19.7 Å². The Hall–Kier alpha value is -2.32. The summed E-state index contributed by atoms with van der Waals surface area (Å²) in [5.74, 6) is 0.0731. The molecule has 0 amide bonds. The number of hydrogen-bond acceptors (Lipinski definition) is 5. The van der Waals surface area contributed by atoms with E-state index in [1.807, 2.05) is 12.1 Å². The molecular weight excluding hydrogens is 327 g/mol. The van der Waals surface area contributed by atoms with Crippen molar-refractivity contribution < 1.29 is 14.4 Å². The van der Waals surface area contributed by atoms with Crippen LogP contribution < -0.4 is 0 Å². The van der Waals surface area contributed by atoms with Crippen molar-refractivity contribution in [3.8, 4) is 0 Å². The molecule has 0 saturated carbocycles. The van der Waals surface area contributed by atoms with Crippen molar-refractivity contribution >= 4 is 5.69 Å². The molecule has 3 rings (SSSR count). The van der Waals surface area contributed by atoms with Crippen LogP contribution in [0.4, 0.5) is 10.1 Å². The third-order valence-corrected chi connectivity index (χ3v) is 4.72. The van der Waals surface area contributed by atoms with Gasteiger partial charge in [0.2, 0.25) is 0 Å². The van der Waals surface area contributed by atoms with Crippen molar-refractivity contribution in [2.75, 3.05) is 13.1 Å². The van der Waals surface area contributed by atoms with Crippen LogP contribution in [0, 0.1) is 15.9 Å². The van der Waals surface area contributed by atoms with E-state index in [0.717, 1.165) is 18.5 Å². The highest BCUT2D eigenvalue weighted by molar-refractivity contribution is 5.22. The highest BCUT2D eigenvalue weighted by Gasteiger charge is 2.31. The van der Waals surface area contributed by atoms with Gasteiger partial charge in [0.25, 0.3) is 0 Å². The van der Waals surface area contributed by atoms with Gasteiger partial charge < -0.3 is 5.11 Å². The monoisotopic (exact) mass is 348 g/mol. The highest BCUT2D eigenvalue weighted by atomic mass is 19.1. The highest BCUT2D eigenvalue weighted by Crippen LogP contribution is 2.31. The number of aromatic nitrogens is 2. The fourth-order valence-electron chi connectivity index (χ4n) is 3.42. The van der Waals surface area contributed by atoms with Crippen LogP contribution >= 0.6 is 0 Å². The topological polar surface area (TPSA) is 84.4 Å².